The summed E-state index contributed by atoms with van der Waals surface area (Å²) in [4.78, 5) is 12.3. The van der Waals surface area contributed by atoms with Crippen molar-refractivity contribution in [2.24, 2.45) is 5.10 Å². The molecule has 0 atom stereocenters. The molecule has 0 aliphatic rings. The van der Waals surface area contributed by atoms with Crippen LogP contribution in [0.15, 0.2) is 80.8 Å². The van der Waals surface area contributed by atoms with Crippen LogP contribution in [0.3, 0.4) is 0 Å². The van der Waals surface area contributed by atoms with E-state index in [1.54, 1.807) is 25.5 Å². The first-order chi connectivity index (χ1) is 15.1. The number of benzene rings is 4. The van der Waals surface area contributed by atoms with E-state index in [4.69, 9.17) is 9.47 Å². The standard InChI is InChI=1S/C24H18Br2N2O3/c1-30-17-11-21(25)24(22(26)12-17)31-14-23(29)28-27-13-20-18-8-4-2-6-15(18)10-16-7-3-5-9-19(16)20/h2-13H,14H2,1H3,(H,28,29)/b27-13+. The fraction of sp³-hybridized carbons (Fsp3) is 0.0833. The number of nitrogens with one attached hydrogen (secondary N) is 1. The van der Waals surface area contributed by atoms with Crippen LogP contribution in [0.5, 0.6) is 11.5 Å². The van der Waals surface area contributed by atoms with Gasteiger partial charge in [-0.15, -0.1) is 0 Å². The quantitative estimate of drug-likeness (QED) is 0.183. The van der Waals surface area contributed by atoms with Gasteiger partial charge in [0.2, 0.25) is 0 Å². The normalized spacial score (nSPS) is 11.2. The van der Waals surface area contributed by atoms with Crippen molar-refractivity contribution in [2.45, 2.75) is 0 Å². The summed E-state index contributed by atoms with van der Waals surface area (Å²) in [5.74, 6) is 0.817. The van der Waals surface area contributed by atoms with Crippen LogP contribution < -0.4 is 14.9 Å². The van der Waals surface area contributed by atoms with Crippen LogP contribution in [0.25, 0.3) is 21.5 Å². The average Bonchev–Trinajstić information content (AvgIpc) is 2.77. The van der Waals surface area contributed by atoms with Crippen LogP contribution in [0.1, 0.15) is 5.56 Å². The number of carbonyl (C=O) groups excluding carboxylic acids is 1. The number of hydrogen-bond donors (Lipinski definition) is 1. The van der Waals surface area contributed by atoms with Gasteiger partial charge < -0.3 is 9.47 Å². The van der Waals surface area contributed by atoms with Crippen molar-refractivity contribution in [3.8, 4) is 11.5 Å². The zero-order valence-electron chi connectivity index (χ0n) is 16.6. The number of carbonyl (C=O) groups is 1. The molecule has 0 spiro atoms. The Hall–Kier alpha value is -2.90. The van der Waals surface area contributed by atoms with Gasteiger partial charge in [-0.25, -0.2) is 5.43 Å². The highest BCUT2D eigenvalue weighted by molar-refractivity contribution is 9.11. The van der Waals surface area contributed by atoms with Crippen LogP contribution in [-0.2, 0) is 4.79 Å². The Morgan fingerprint density at radius 3 is 2.13 bits per heavy atom. The summed E-state index contributed by atoms with van der Waals surface area (Å²) in [6, 6.07) is 21.9. The third kappa shape index (κ3) is 4.73. The Morgan fingerprint density at radius 2 is 1.55 bits per heavy atom. The number of methoxy groups -OCH3 is 1. The Labute approximate surface area is 196 Å². The Morgan fingerprint density at radius 1 is 0.968 bits per heavy atom. The first-order valence-corrected chi connectivity index (χ1v) is 11.0. The molecule has 0 saturated carbocycles. The summed E-state index contributed by atoms with van der Waals surface area (Å²) in [6.45, 7) is -0.183. The monoisotopic (exact) mass is 540 g/mol. The van der Waals surface area contributed by atoms with E-state index in [-0.39, 0.29) is 12.5 Å². The van der Waals surface area contributed by atoms with E-state index in [1.807, 2.05) is 36.4 Å². The van der Waals surface area contributed by atoms with E-state index in [0.717, 1.165) is 27.1 Å². The number of hydrogen-bond acceptors (Lipinski definition) is 4. The Kier molecular flexibility index (Phi) is 6.53. The Balaban J connectivity index is 1.50. The predicted octanol–water partition coefficient (Wildman–Crippen LogP) is 6.06. The first-order valence-electron chi connectivity index (χ1n) is 9.45. The van der Waals surface area contributed by atoms with E-state index in [1.165, 1.54) is 0 Å². The van der Waals surface area contributed by atoms with Crippen LogP contribution >= 0.6 is 31.9 Å². The van der Waals surface area contributed by atoms with Crippen LogP contribution in [0.2, 0.25) is 0 Å². The predicted molar refractivity (Wildman–Crippen MR) is 131 cm³/mol. The number of rotatable bonds is 6. The number of amides is 1. The molecular formula is C24H18Br2N2O3. The largest absolute Gasteiger partial charge is 0.497 e. The van der Waals surface area contributed by atoms with Crippen LogP contribution in [0, 0.1) is 0 Å². The van der Waals surface area contributed by atoms with Crippen molar-refractivity contribution < 1.29 is 14.3 Å². The highest BCUT2D eigenvalue weighted by Gasteiger charge is 2.12. The smallest absolute Gasteiger partial charge is 0.277 e. The maximum Gasteiger partial charge on any atom is 0.277 e. The molecule has 0 aliphatic carbocycles. The van der Waals surface area contributed by atoms with Gasteiger partial charge >= 0.3 is 0 Å². The number of hydrazone groups is 1. The van der Waals surface area contributed by atoms with Crippen molar-refractivity contribution in [2.75, 3.05) is 13.7 Å². The van der Waals surface area contributed by atoms with E-state index in [9.17, 15) is 4.79 Å². The summed E-state index contributed by atoms with van der Waals surface area (Å²) in [6.07, 6.45) is 1.68. The van der Waals surface area contributed by atoms with Gasteiger partial charge in [0.1, 0.15) is 11.5 Å². The highest BCUT2D eigenvalue weighted by atomic mass is 79.9. The van der Waals surface area contributed by atoms with Crippen molar-refractivity contribution in [1.82, 2.24) is 5.43 Å². The second-order valence-corrected chi connectivity index (χ2v) is 8.44. The van der Waals surface area contributed by atoms with Gasteiger partial charge in [0.25, 0.3) is 5.91 Å². The fourth-order valence-corrected chi connectivity index (χ4v) is 4.69. The molecule has 31 heavy (non-hydrogen) atoms. The van der Waals surface area contributed by atoms with E-state index < -0.39 is 0 Å². The minimum atomic E-state index is -0.365. The van der Waals surface area contributed by atoms with E-state index >= 15 is 0 Å². The summed E-state index contributed by atoms with van der Waals surface area (Å²) in [5.41, 5.74) is 3.50. The number of nitrogens with zero attached hydrogens (tertiary/aromatic N) is 1. The highest BCUT2D eigenvalue weighted by Crippen LogP contribution is 2.37. The Bertz CT molecular complexity index is 1230. The molecule has 0 unspecified atom stereocenters. The number of ether oxygens (including phenoxy) is 2. The molecule has 0 fully saturated rings. The molecular weight excluding hydrogens is 524 g/mol. The molecule has 4 rings (SSSR count). The topological polar surface area (TPSA) is 59.9 Å². The molecule has 0 radical (unpaired) electrons. The maximum absolute atomic E-state index is 12.3. The van der Waals surface area contributed by atoms with Gasteiger partial charge in [-0.1, -0.05) is 48.5 Å². The van der Waals surface area contributed by atoms with Gasteiger partial charge in [0.05, 0.1) is 22.3 Å². The zero-order chi connectivity index (χ0) is 21.8. The minimum Gasteiger partial charge on any atom is -0.497 e. The summed E-state index contributed by atoms with van der Waals surface area (Å²) < 4.78 is 12.2. The van der Waals surface area contributed by atoms with Gasteiger partial charge in [0.15, 0.2) is 6.61 Å². The van der Waals surface area contributed by atoms with Gasteiger partial charge in [-0.05, 0) is 71.6 Å². The van der Waals surface area contributed by atoms with Crippen molar-refractivity contribution in [3.63, 3.8) is 0 Å². The van der Waals surface area contributed by atoms with Crippen molar-refractivity contribution >= 4 is 65.5 Å². The summed E-state index contributed by atoms with van der Waals surface area (Å²) >= 11 is 6.84. The molecule has 4 aromatic rings. The van der Waals surface area contributed by atoms with Crippen LogP contribution in [-0.4, -0.2) is 25.8 Å². The second-order valence-electron chi connectivity index (χ2n) is 6.73. The van der Waals surface area contributed by atoms with Gasteiger partial charge in [-0.3, -0.25) is 4.79 Å². The van der Waals surface area contributed by atoms with Gasteiger partial charge in [-0.2, -0.15) is 5.10 Å². The number of halogens is 2. The minimum absolute atomic E-state index is 0.183. The molecule has 7 heteroatoms. The lowest BCUT2D eigenvalue weighted by Crippen LogP contribution is -2.24. The van der Waals surface area contributed by atoms with Crippen molar-refractivity contribution in [1.29, 1.82) is 0 Å². The maximum atomic E-state index is 12.3. The van der Waals surface area contributed by atoms with Gasteiger partial charge in [0, 0.05) is 5.56 Å². The molecule has 1 amide bonds. The summed E-state index contributed by atoms with van der Waals surface area (Å²) in [5, 5.41) is 8.55. The molecule has 1 N–H and O–H groups in total. The average molecular weight is 542 g/mol. The lowest BCUT2D eigenvalue weighted by atomic mass is 9.97. The molecule has 4 aromatic carbocycles. The van der Waals surface area contributed by atoms with Crippen molar-refractivity contribution in [3.05, 3.63) is 81.2 Å². The summed E-state index contributed by atoms with van der Waals surface area (Å²) in [7, 11) is 1.58. The zero-order valence-corrected chi connectivity index (χ0v) is 19.7. The molecule has 5 nitrogen and oxygen atoms in total. The van der Waals surface area contributed by atoms with E-state index in [2.05, 4.69) is 60.6 Å². The number of fused-ring (bicyclic) bond motifs is 2. The second kappa shape index (κ2) is 9.49. The third-order valence-electron chi connectivity index (χ3n) is 4.75. The lowest BCUT2D eigenvalue weighted by molar-refractivity contribution is -0.123. The first kappa shape index (κ1) is 21.3. The molecule has 0 aliphatic heterocycles. The molecule has 156 valence electrons. The molecule has 0 bridgehead atoms. The molecule has 0 heterocycles. The fourth-order valence-electron chi connectivity index (χ4n) is 3.32. The third-order valence-corrected chi connectivity index (χ3v) is 5.93. The SMILES string of the molecule is COc1cc(Br)c(OCC(=O)N/N=C/c2c3ccccc3cc3ccccc23)c(Br)c1. The van der Waals surface area contributed by atoms with E-state index in [0.29, 0.717) is 20.4 Å². The van der Waals surface area contributed by atoms with Crippen LogP contribution in [0.4, 0.5) is 0 Å². The molecule has 0 saturated heterocycles. The lowest BCUT2D eigenvalue weighted by Gasteiger charge is -2.11. The molecule has 0 aromatic heterocycles.